The summed E-state index contributed by atoms with van der Waals surface area (Å²) in [5.41, 5.74) is 2.00. The molecule has 0 amide bonds. The second kappa shape index (κ2) is 5.60. The Balaban J connectivity index is 1.84. The molecule has 4 rings (SSSR count). The van der Waals surface area contributed by atoms with E-state index in [1.54, 1.807) is 6.07 Å². The number of nitrogens with one attached hydrogen (secondary N) is 1. The van der Waals surface area contributed by atoms with Crippen LogP contribution in [0.25, 0.3) is 0 Å². The highest BCUT2D eigenvalue weighted by molar-refractivity contribution is 6.31. The van der Waals surface area contributed by atoms with Gasteiger partial charge >= 0.3 is 0 Å². The number of nitro groups is 1. The van der Waals surface area contributed by atoms with Gasteiger partial charge in [-0.05, 0) is 30.0 Å². The van der Waals surface area contributed by atoms with Crippen LogP contribution >= 0.6 is 11.6 Å². The molecule has 0 saturated carbocycles. The first-order chi connectivity index (χ1) is 11.6. The summed E-state index contributed by atoms with van der Waals surface area (Å²) in [4.78, 5) is 10.7. The van der Waals surface area contributed by atoms with Gasteiger partial charge in [-0.25, -0.2) is 4.39 Å². The molecule has 1 heterocycles. The number of non-ortho nitro benzene ring substituents is 1. The molecule has 0 unspecified atom stereocenters. The molecule has 0 radical (unpaired) electrons. The minimum Gasteiger partial charge on any atom is -0.375 e. The maximum atomic E-state index is 14.3. The molecular formula is C18H14ClFN2O2. The predicted molar refractivity (Wildman–Crippen MR) is 90.9 cm³/mol. The summed E-state index contributed by atoms with van der Waals surface area (Å²) in [6.45, 7) is 0. The van der Waals surface area contributed by atoms with Crippen molar-refractivity contribution in [2.45, 2.75) is 18.4 Å². The van der Waals surface area contributed by atoms with E-state index in [0.717, 1.165) is 12.0 Å². The van der Waals surface area contributed by atoms with E-state index in [9.17, 15) is 14.5 Å². The van der Waals surface area contributed by atoms with Crippen LogP contribution in [0.5, 0.6) is 0 Å². The van der Waals surface area contributed by atoms with Gasteiger partial charge in [0.2, 0.25) is 0 Å². The standard InChI is InChI=1S/C18H14ClFN2O2/c19-15-8-7-10(22(23)24)9-14(15)17-12-4-1-3-11(12)13-5-2-6-16(20)18(13)21-17/h1-3,5-9,11-12,17,21H,4H2/t11-,12-,17-/m1/s1. The van der Waals surface area contributed by atoms with E-state index < -0.39 is 4.92 Å². The average molecular weight is 345 g/mol. The number of rotatable bonds is 2. The summed E-state index contributed by atoms with van der Waals surface area (Å²) in [5, 5.41) is 14.8. The van der Waals surface area contributed by atoms with Crippen LogP contribution < -0.4 is 5.32 Å². The second-order valence-corrected chi connectivity index (χ2v) is 6.55. The summed E-state index contributed by atoms with van der Waals surface area (Å²) in [5.74, 6) is -0.0890. The summed E-state index contributed by atoms with van der Waals surface area (Å²) < 4.78 is 14.3. The molecule has 3 atom stereocenters. The molecule has 122 valence electrons. The summed E-state index contributed by atoms with van der Waals surface area (Å²) in [7, 11) is 0. The zero-order valence-corrected chi connectivity index (χ0v) is 13.3. The van der Waals surface area contributed by atoms with E-state index >= 15 is 0 Å². The molecule has 2 aromatic rings. The minimum absolute atomic E-state index is 0.0157. The Morgan fingerprint density at radius 2 is 2.08 bits per heavy atom. The summed E-state index contributed by atoms with van der Waals surface area (Å²) >= 11 is 6.31. The molecular weight excluding hydrogens is 331 g/mol. The van der Waals surface area contributed by atoms with E-state index in [-0.39, 0.29) is 29.4 Å². The van der Waals surface area contributed by atoms with Gasteiger partial charge in [-0.15, -0.1) is 0 Å². The van der Waals surface area contributed by atoms with Crippen LogP contribution in [0.15, 0.2) is 48.6 Å². The van der Waals surface area contributed by atoms with Gasteiger partial charge in [0, 0.05) is 28.6 Å². The first kappa shape index (κ1) is 15.1. The fraction of sp³-hybridized carbons (Fsp3) is 0.222. The molecule has 0 fully saturated rings. The maximum Gasteiger partial charge on any atom is 0.269 e. The van der Waals surface area contributed by atoms with Crippen LogP contribution in [0.3, 0.4) is 0 Å². The topological polar surface area (TPSA) is 55.2 Å². The molecule has 24 heavy (non-hydrogen) atoms. The van der Waals surface area contributed by atoms with Gasteiger partial charge in [0.05, 0.1) is 16.7 Å². The quantitative estimate of drug-likeness (QED) is 0.462. The monoisotopic (exact) mass is 344 g/mol. The Kier molecular flexibility index (Phi) is 3.53. The Bertz CT molecular complexity index is 868. The Morgan fingerprint density at radius 3 is 2.88 bits per heavy atom. The van der Waals surface area contributed by atoms with Gasteiger partial charge in [0.15, 0.2) is 0 Å². The number of benzene rings is 2. The van der Waals surface area contributed by atoms with Gasteiger partial charge < -0.3 is 5.32 Å². The van der Waals surface area contributed by atoms with E-state index in [1.807, 2.05) is 6.07 Å². The number of anilines is 1. The van der Waals surface area contributed by atoms with Crippen LogP contribution in [0.2, 0.25) is 5.02 Å². The predicted octanol–water partition coefficient (Wildman–Crippen LogP) is 5.21. The highest BCUT2D eigenvalue weighted by Crippen LogP contribution is 2.51. The molecule has 1 aliphatic heterocycles. The molecule has 2 aromatic carbocycles. The lowest BCUT2D eigenvalue weighted by molar-refractivity contribution is -0.384. The fourth-order valence-corrected chi connectivity index (χ4v) is 4.01. The number of para-hydroxylation sites is 1. The smallest absolute Gasteiger partial charge is 0.269 e. The number of allylic oxidation sites excluding steroid dienone is 2. The van der Waals surface area contributed by atoms with Crippen molar-refractivity contribution < 1.29 is 9.31 Å². The van der Waals surface area contributed by atoms with E-state index in [4.69, 9.17) is 11.6 Å². The van der Waals surface area contributed by atoms with Crippen molar-refractivity contribution >= 4 is 23.0 Å². The lowest BCUT2D eigenvalue weighted by Gasteiger charge is -2.37. The summed E-state index contributed by atoms with van der Waals surface area (Å²) in [6.07, 6.45) is 4.98. The highest BCUT2D eigenvalue weighted by Gasteiger charge is 2.39. The van der Waals surface area contributed by atoms with Crippen LogP contribution in [-0.4, -0.2) is 4.92 Å². The third kappa shape index (κ3) is 2.27. The molecule has 0 aromatic heterocycles. The molecule has 0 saturated heterocycles. The lowest BCUT2D eigenvalue weighted by Crippen LogP contribution is -2.30. The van der Waals surface area contributed by atoms with Crippen LogP contribution in [-0.2, 0) is 0 Å². The van der Waals surface area contributed by atoms with Gasteiger partial charge in [-0.1, -0.05) is 35.9 Å². The Morgan fingerprint density at radius 1 is 1.25 bits per heavy atom. The Labute approximate surface area is 143 Å². The minimum atomic E-state index is -0.443. The van der Waals surface area contributed by atoms with Crippen LogP contribution in [0.1, 0.15) is 29.5 Å². The van der Waals surface area contributed by atoms with Crippen molar-refractivity contribution in [2.24, 2.45) is 5.92 Å². The van der Waals surface area contributed by atoms with E-state index in [0.29, 0.717) is 16.3 Å². The number of fused-ring (bicyclic) bond motifs is 3. The average Bonchev–Trinajstić information content (AvgIpc) is 3.05. The van der Waals surface area contributed by atoms with Crippen molar-refractivity contribution in [1.29, 1.82) is 0 Å². The van der Waals surface area contributed by atoms with E-state index in [1.165, 1.54) is 24.3 Å². The van der Waals surface area contributed by atoms with Crippen molar-refractivity contribution in [3.63, 3.8) is 0 Å². The van der Waals surface area contributed by atoms with Crippen molar-refractivity contribution in [3.05, 3.63) is 80.6 Å². The third-order valence-corrected chi connectivity index (χ3v) is 5.22. The van der Waals surface area contributed by atoms with Crippen molar-refractivity contribution in [3.8, 4) is 0 Å². The van der Waals surface area contributed by atoms with Crippen LogP contribution in [0, 0.1) is 21.8 Å². The third-order valence-electron chi connectivity index (χ3n) is 4.87. The number of hydrogen-bond donors (Lipinski definition) is 1. The fourth-order valence-electron chi connectivity index (χ4n) is 3.77. The zero-order chi connectivity index (χ0) is 16.8. The molecule has 2 aliphatic rings. The number of nitro benzene ring substituents is 1. The van der Waals surface area contributed by atoms with Crippen molar-refractivity contribution in [1.82, 2.24) is 0 Å². The largest absolute Gasteiger partial charge is 0.375 e. The summed E-state index contributed by atoms with van der Waals surface area (Å²) in [6, 6.07) is 9.17. The number of hydrogen-bond acceptors (Lipinski definition) is 3. The molecule has 1 N–H and O–H groups in total. The number of halogens is 2. The van der Waals surface area contributed by atoms with Crippen LogP contribution in [0.4, 0.5) is 15.8 Å². The highest BCUT2D eigenvalue weighted by atomic mass is 35.5. The van der Waals surface area contributed by atoms with Gasteiger partial charge in [0.1, 0.15) is 5.82 Å². The van der Waals surface area contributed by atoms with Gasteiger partial charge in [-0.3, -0.25) is 10.1 Å². The number of nitrogens with zero attached hydrogens (tertiary/aromatic N) is 1. The van der Waals surface area contributed by atoms with E-state index in [2.05, 4.69) is 17.5 Å². The maximum absolute atomic E-state index is 14.3. The SMILES string of the molecule is O=[N+]([O-])c1ccc(Cl)c([C@@H]2Nc3c(F)cccc3[C@@H]3C=CC[C@H]32)c1. The molecule has 1 aliphatic carbocycles. The first-order valence-electron chi connectivity index (χ1n) is 7.71. The normalized spacial score (nSPS) is 24.2. The van der Waals surface area contributed by atoms with Gasteiger partial charge in [0.25, 0.3) is 5.69 Å². The van der Waals surface area contributed by atoms with Crippen molar-refractivity contribution in [2.75, 3.05) is 5.32 Å². The Hall–Kier alpha value is -2.40. The molecule has 6 heteroatoms. The van der Waals surface area contributed by atoms with Gasteiger partial charge in [-0.2, -0.15) is 0 Å². The first-order valence-corrected chi connectivity index (χ1v) is 8.09. The zero-order valence-electron chi connectivity index (χ0n) is 12.6. The molecule has 0 spiro atoms. The molecule has 0 bridgehead atoms. The second-order valence-electron chi connectivity index (χ2n) is 6.14. The molecule has 4 nitrogen and oxygen atoms in total. The lowest BCUT2D eigenvalue weighted by atomic mass is 9.77.